The zero-order chi connectivity index (χ0) is 13.4. The van der Waals surface area contributed by atoms with E-state index >= 15 is 0 Å². The summed E-state index contributed by atoms with van der Waals surface area (Å²) in [5, 5.41) is 4.52. The lowest BCUT2D eigenvalue weighted by Gasteiger charge is -2.05. The highest BCUT2D eigenvalue weighted by atomic mass is 32.2. The molecule has 0 spiro atoms. The van der Waals surface area contributed by atoms with Gasteiger partial charge in [0.1, 0.15) is 5.75 Å². The van der Waals surface area contributed by atoms with Gasteiger partial charge in [-0.25, -0.2) is 4.79 Å². The second-order valence-electron chi connectivity index (χ2n) is 3.32. The molecule has 5 nitrogen and oxygen atoms in total. The second kappa shape index (κ2) is 7.60. The van der Waals surface area contributed by atoms with E-state index in [2.05, 4.69) is 10.6 Å². The van der Waals surface area contributed by atoms with Crippen molar-refractivity contribution in [3.8, 4) is 5.75 Å². The smallest absolute Gasteiger partial charge is 0.321 e. The Morgan fingerprint density at radius 1 is 1.28 bits per heavy atom. The summed E-state index contributed by atoms with van der Waals surface area (Å²) in [6.45, 7) is 2.55. The van der Waals surface area contributed by atoms with Gasteiger partial charge in [-0.15, -0.1) is 11.8 Å². The minimum Gasteiger partial charge on any atom is -0.494 e. The van der Waals surface area contributed by atoms with E-state index in [1.807, 2.05) is 31.2 Å². The number of hydrogen-bond acceptors (Lipinski definition) is 4. The Bertz CT molecular complexity index is 406. The van der Waals surface area contributed by atoms with E-state index < -0.39 is 6.03 Å². The molecule has 0 aliphatic rings. The summed E-state index contributed by atoms with van der Waals surface area (Å²) < 4.78 is 5.31. The second-order valence-corrected chi connectivity index (χ2v) is 4.37. The molecule has 0 unspecified atom stereocenters. The number of amides is 3. The van der Waals surface area contributed by atoms with Crippen molar-refractivity contribution in [3.63, 3.8) is 0 Å². The van der Waals surface area contributed by atoms with Gasteiger partial charge < -0.3 is 10.1 Å². The first-order valence-corrected chi connectivity index (χ1v) is 6.51. The number of imide groups is 1. The average molecular weight is 268 g/mol. The Balaban J connectivity index is 2.39. The molecule has 2 N–H and O–H groups in total. The van der Waals surface area contributed by atoms with Gasteiger partial charge >= 0.3 is 6.03 Å². The number of urea groups is 1. The normalized spacial score (nSPS) is 9.67. The highest BCUT2D eigenvalue weighted by Crippen LogP contribution is 2.21. The molecule has 0 heterocycles. The standard InChI is InChI=1S/C12H16N2O3S/c1-3-17-9-4-6-10(7-5-9)18-8-11(15)14-12(16)13-2/h4-7H,3,8H2,1-2H3,(H2,13,14,15,16). The summed E-state index contributed by atoms with van der Waals surface area (Å²) in [6, 6.07) is 6.96. The molecular weight excluding hydrogens is 252 g/mol. The molecule has 0 saturated carbocycles. The Labute approximate surface area is 110 Å². The molecule has 98 valence electrons. The largest absolute Gasteiger partial charge is 0.494 e. The van der Waals surface area contributed by atoms with Crippen molar-refractivity contribution >= 4 is 23.7 Å². The third kappa shape index (κ3) is 5.09. The molecule has 0 fully saturated rings. The number of thioether (sulfide) groups is 1. The van der Waals surface area contributed by atoms with Crippen LogP contribution in [0.2, 0.25) is 0 Å². The Hall–Kier alpha value is -1.69. The van der Waals surface area contributed by atoms with Crippen molar-refractivity contribution in [2.45, 2.75) is 11.8 Å². The van der Waals surface area contributed by atoms with Gasteiger partial charge in [0, 0.05) is 11.9 Å². The van der Waals surface area contributed by atoms with E-state index in [1.54, 1.807) is 0 Å². The quantitative estimate of drug-likeness (QED) is 0.797. The van der Waals surface area contributed by atoms with Crippen molar-refractivity contribution in [2.24, 2.45) is 0 Å². The summed E-state index contributed by atoms with van der Waals surface area (Å²) in [5.74, 6) is 0.673. The average Bonchev–Trinajstić information content (AvgIpc) is 2.38. The van der Waals surface area contributed by atoms with E-state index in [0.29, 0.717) is 6.61 Å². The lowest BCUT2D eigenvalue weighted by molar-refractivity contribution is -0.117. The summed E-state index contributed by atoms with van der Waals surface area (Å²) in [4.78, 5) is 23.2. The first-order chi connectivity index (χ1) is 8.65. The molecule has 0 aliphatic carbocycles. The molecule has 18 heavy (non-hydrogen) atoms. The maximum atomic E-state index is 11.3. The van der Waals surface area contributed by atoms with Gasteiger partial charge in [-0.3, -0.25) is 10.1 Å². The fraction of sp³-hybridized carbons (Fsp3) is 0.333. The van der Waals surface area contributed by atoms with E-state index in [4.69, 9.17) is 4.74 Å². The van der Waals surface area contributed by atoms with Crippen LogP contribution in [-0.4, -0.2) is 31.3 Å². The summed E-state index contributed by atoms with van der Waals surface area (Å²) in [5.41, 5.74) is 0. The van der Waals surface area contributed by atoms with Gasteiger partial charge in [0.05, 0.1) is 12.4 Å². The van der Waals surface area contributed by atoms with Gasteiger partial charge in [-0.05, 0) is 31.2 Å². The van der Waals surface area contributed by atoms with Gasteiger partial charge in [-0.2, -0.15) is 0 Å². The van der Waals surface area contributed by atoms with Crippen LogP contribution < -0.4 is 15.4 Å². The van der Waals surface area contributed by atoms with E-state index in [0.717, 1.165) is 10.6 Å². The molecular formula is C12H16N2O3S. The van der Waals surface area contributed by atoms with Crippen LogP contribution in [-0.2, 0) is 4.79 Å². The number of nitrogens with one attached hydrogen (secondary N) is 2. The molecule has 0 bridgehead atoms. The molecule has 3 amide bonds. The van der Waals surface area contributed by atoms with Crippen LogP contribution in [0.5, 0.6) is 5.75 Å². The van der Waals surface area contributed by atoms with Crippen molar-refractivity contribution < 1.29 is 14.3 Å². The van der Waals surface area contributed by atoms with Crippen LogP contribution >= 0.6 is 11.8 Å². The molecule has 0 aromatic heterocycles. The predicted molar refractivity (Wildman–Crippen MR) is 70.9 cm³/mol. The number of carbonyl (C=O) groups excluding carboxylic acids is 2. The number of carbonyl (C=O) groups is 2. The third-order valence-electron chi connectivity index (χ3n) is 1.98. The number of rotatable bonds is 5. The highest BCUT2D eigenvalue weighted by molar-refractivity contribution is 8.00. The van der Waals surface area contributed by atoms with Gasteiger partial charge in [0.2, 0.25) is 5.91 Å². The van der Waals surface area contributed by atoms with Crippen LogP contribution in [0.1, 0.15) is 6.92 Å². The molecule has 0 atom stereocenters. The fourth-order valence-corrected chi connectivity index (χ4v) is 1.87. The molecule has 1 rings (SSSR count). The number of ether oxygens (including phenoxy) is 1. The lowest BCUT2D eigenvalue weighted by Crippen LogP contribution is -2.38. The Kier molecular flexibility index (Phi) is 6.07. The van der Waals surface area contributed by atoms with E-state index in [1.165, 1.54) is 18.8 Å². The van der Waals surface area contributed by atoms with Crippen molar-refractivity contribution in [2.75, 3.05) is 19.4 Å². The van der Waals surface area contributed by atoms with Gasteiger partial charge in [0.25, 0.3) is 0 Å². The van der Waals surface area contributed by atoms with Crippen molar-refractivity contribution in [3.05, 3.63) is 24.3 Å². The zero-order valence-electron chi connectivity index (χ0n) is 10.4. The minimum absolute atomic E-state index is 0.196. The minimum atomic E-state index is -0.493. The summed E-state index contributed by atoms with van der Waals surface area (Å²) in [7, 11) is 1.46. The van der Waals surface area contributed by atoms with E-state index in [9.17, 15) is 9.59 Å². The van der Waals surface area contributed by atoms with Crippen LogP contribution in [0, 0.1) is 0 Å². The summed E-state index contributed by atoms with van der Waals surface area (Å²) in [6.07, 6.45) is 0. The maximum absolute atomic E-state index is 11.3. The highest BCUT2D eigenvalue weighted by Gasteiger charge is 2.06. The number of benzene rings is 1. The number of hydrogen-bond donors (Lipinski definition) is 2. The van der Waals surface area contributed by atoms with Crippen LogP contribution in [0.15, 0.2) is 29.2 Å². The molecule has 1 aromatic rings. The van der Waals surface area contributed by atoms with Crippen LogP contribution in [0.25, 0.3) is 0 Å². The topological polar surface area (TPSA) is 67.4 Å². The fourth-order valence-electron chi connectivity index (χ4n) is 1.17. The van der Waals surface area contributed by atoms with Gasteiger partial charge in [-0.1, -0.05) is 0 Å². The molecule has 1 aromatic carbocycles. The first-order valence-electron chi connectivity index (χ1n) is 5.53. The van der Waals surface area contributed by atoms with Gasteiger partial charge in [0.15, 0.2) is 0 Å². The first kappa shape index (κ1) is 14.4. The zero-order valence-corrected chi connectivity index (χ0v) is 11.2. The lowest BCUT2D eigenvalue weighted by atomic mass is 10.3. The van der Waals surface area contributed by atoms with Crippen molar-refractivity contribution in [1.82, 2.24) is 10.6 Å². The Morgan fingerprint density at radius 3 is 2.50 bits per heavy atom. The Morgan fingerprint density at radius 2 is 1.94 bits per heavy atom. The SMILES string of the molecule is CCOc1ccc(SCC(=O)NC(=O)NC)cc1. The van der Waals surface area contributed by atoms with Crippen LogP contribution in [0.4, 0.5) is 4.79 Å². The maximum Gasteiger partial charge on any atom is 0.321 e. The molecule has 0 aliphatic heterocycles. The van der Waals surface area contributed by atoms with Crippen LogP contribution in [0.3, 0.4) is 0 Å². The molecule has 0 radical (unpaired) electrons. The third-order valence-corrected chi connectivity index (χ3v) is 3.00. The molecule has 6 heteroatoms. The van der Waals surface area contributed by atoms with Crippen molar-refractivity contribution in [1.29, 1.82) is 0 Å². The molecule has 0 saturated heterocycles. The summed E-state index contributed by atoms with van der Waals surface area (Å²) >= 11 is 1.36. The monoisotopic (exact) mass is 268 g/mol. The van der Waals surface area contributed by atoms with E-state index in [-0.39, 0.29) is 11.7 Å². The predicted octanol–water partition coefficient (Wildman–Crippen LogP) is 1.63.